The Morgan fingerprint density at radius 2 is 1.94 bits per heavy atom. The topological polar surface area (TPSA) is 120 Å². The second-order valence-corrected chi connectivity index (χ2v) is 12.1. The van der Waals surface area contributed by atoms with Gasteiger partial charge in [0.25, 0.3) is 5.91 Å². The largest absolute Gasteiger partial charge is 0.495 e. The van der Waals surface area contributed by atoms with E-state index in [0.29, 0.717) is 29.1 Å². The van der Waals surface area contributed by atoms with Crippen LogP contribution in [-0.2, 0) is 16.9 Å². The number of nitrogens with one attached hydrogen (secondary N) is 1. The van der Waals surface area contributed by atoms with Crippen molar-refractivity contribution in [2.24, 2.45) is 7.05 Å². The van der Waals surface area contributed by atoms with E-state index in [1.807, 2.05) is 25.1 Å². The Balaban J connectivity index is 1.74. The van der Waals surface area contributed by atoms with Crippen LogP contribution in [0.5, 0.6) is 5.75 Å². The molecule has 4 rings (SSSR count). The maximum Gasteiger partial charge on any atom is 0.270 e. The summed E-state index contributed by atoms with van der Waals surface area (Å²) in [6.07, 6.45) is 5.46. The van der Waals surface area contributed by atoms with Gasteiger partial charge in [-0.3, -0.25) is 18.9 Å². The van der Waals surface area contributed by atoms with Crippen molar-refractivity contribution in [3.05, 3.63) is 60.3 Å². The Bertz CT molecular complexity index is 1520. The molecule has 0 aliphatic rings. The number of amides is 1. The number of ether oxygens (including phenoxy) is 1. The molecule has 0 aliphatic carbocycles. The smallest absolute Gasteiger partial charge is 0.270 e. The SMILES string of the molecule is CC[C@@H](NC(=O)c1cc(-c2cnc3cc(OC)c(S(=O)(=O)C(C)(C)C)cn23)nn1C)c1ccccn1. The monoisotopic (exact) mass is 510 g/mol. The minimum absolute atomic E-state index is 0.0549. The van der Waals surface area contributed by atoms with Gasteiger partial charge < -0.3 is 10.1 Å². The number of aromatic nitrogens is 5. The highest BCUT2D eigenvalue weighted by Crippen LogP contribution is 2.34. The first-order chi connectivity index (χ1) is 17.0. The van der Waals surface area contributed by atoms with Gasteiger partial charge in [0.15, 0.2) is 9.84 Å². The maximum absolute atomic E-state index is 13.3. The predicted octanol–water partition coefficient (Wildman–Crippen LogP) is 3.59. The lowest BCUT2D eigenvalue weighted by molar-refractivity contribution is 0.0925. The van der Waals surface area contributed by atoms with Crippen LogP contribution in [0.3, 0.4) is 0 Å². The minimum Gasteiger partial charge on any atom is -0.495 e. The van der Waals surface area contributed by atoms with Crippen LogP contribution in [0.2, 0.25) is 0 Å². The van der Waals surface area contributed by atoms with E-state index in [1.54, 1.807) is 56.7 Å². The average Bonchev–Trinajstić information content (AvgIpc) is 3.44. The van der Waals surface area contributed by atoms with Gasteiger partial charge in [0.05, 0.1) is 35.5 Å². The molecule has 10 nitrogen and oxygen atoms in total. The number of rotatable bonds is 7. The first kappa shape index (κ1) is 25.4. The van der Waals surface area contributed by atoms with Crippen LogP contribution in [0.1, 0.15) is 56.3 Å². The van der Waals surface area contributed by atoms with Crippen LogP contribution in [0, 0.1) is 0 Å². The summed E-state index contributed by atoms with van der Waals surface area (Å²) in [7, 11) is -0.607. The molecule has 0 aliphatic heterocycles. The lowest BCUT2D eigenvalue weighted by Crippen LogP contribution is -2.30. The van der Waals surface area contributed by atoms with Crippen LogP contribution >= 0.6 is 0 Å². The van der Waals surface area contributed by atoms with Gasteiger partial charge in [0, 0.05) is 25.5 Å². The van der Waals surface area contributed by atoms with Crippen LogP contribution in [0.15, 0.2) is 53.8 Å². The summed E-state index contributed by atoms with van der Waals surface area (Å²) >= 11 is 0. The van der Waals surface area contributed by atoms with Gasteiger partial charge >= 0.3 is 0 Å². The van der Waals surface area contributed by atoms with E-state index in [9.17, 15) is 13.2 Å². The number of hydrogen-bond acceptors (Lipinski definition) is 7. The molecule has 0 saturated heterocycles. The van der Waals surface area contributed by atoms with Crippen molar-refractivity contribution in [1.82, 2.24) is 29.5 Å². The number of pyridine rings is 2. The van der Waals surface area contributed by atoms with E-state index < -0.39 is 14.6 Å². The Morgan fingerprint density at radius 3 is 2.56 bits per heavy atom. The number of carbonyl (C=O) groups is 1. The quantitative estimate of drug-likeness (QED) is 0.403. The molecule has 1 atom stereocenters. The van der Waals surface area contributed by atoms with E-state index in [2.05, 4.69) is 20.4 Å². The van der Waals surface area contributed by atoms with Gasteiger partial charge in [0.2, 0.25) is 0 Å². The normalized spacial score (nSPS) is 13.1. The fourth-order valence-electron chi connectivity index (χ4n) is 3.87. The summed E-state index contributed by atoms with van der Waals surface area (Å²) < 4.78 is 34.0. The maximum atomic E-state index is 13.3. The molecule has 0 bridgehead atoms. The molecule has 4 heterocycles. The Morgan fingerprint density at radius 1 is 1.19 bits per heavy atom. The number of fused-ring (bicyclic) bond motifs is 1. The molecule has 0 fully saturated rings. The van der Waals surface area contributed by atoms with Gasteiger partial charge in [0.1, 0.15) is 27.7 Å². The second kappa shape index (κ2) is 9.38. The van der Waals surface area contributed by atoms with Crippen molar-refractivity contribution in [2.75, 3.05) is 7.11 Å². The van der Waals surface area contributed by atoms with E-state index >= 15 is 0 Å². The third kappa shape index (κ3) is 4.46. The number of methoxy groups -OCH3 is 1. The zero-order chi connectivity index (χ0) is 26.3. The van der Waals surface area contributed by atoms with Crippen LogP contribution < -0.4 is 10.1 Å². The fourth-order valence-corrected chi connectivity index (χ4v) is 5.18. The molecule has 4 aromatic heterocycles. The summed E-state index contributed by atoms with van der Waals surface area (Å²) in [5.41, 5.74) is 2.65. The molecule has 36 heavy (non-hydrogen) atoms. The van der Waals surface area contributed by atoms with Crippen molar-refractivity contribution < 1.29 is 17.9 Å². The summed E-state index contributed by atoms with van der Waals surface area (Å²) in [4.78, 5) is 21.9. The Labute approximate surface area is 210 Å². The Hall–Kier alpha value is -3.73. The van der Waals surface area contributed by atoms with Crippen molar-refractivity contribution in [3.8, 4) is 17.1 Å². The highest BCUT2D eigenvalue weighted by molar-refractivity contribution is 7.92. The minimum atomic E-state index is -3.72. The number of nitrogens with zero attached hydrogens (tertiary/aromatic N) is 5. The van der Waals surface area contributed by atoms with Gasteiger partial charge in [-0.05, 0) is 45.4 Å². The molecule has 1 N–H and O–H groups in total. The second-order valence-electron chi connectivity index (χ2n) is 9.42. The van der Waals surface area contributed by atoms with Crippen LogP contribution in [0.4, 0.5) is 0 Å². The third-order valence-electron chi connectivity index (χ3n) is 6.02. The van der Waals surface area contributed by atoms with Crippen LogP contribution in [0.25, 0.3) is 17.0 Å². The van der Waals surface area contributed by atoms with Crippen LogP contribution in [-0.4, -0.2) is 50.3 Å². The zero-order valence-electron chi connectivity index (χ0n) is 21.2. The lowest BCUT2D eigenvalue weighted by atomic mass is 10.1. The summed E-state index contributed by atoms with van der Waals surface area (Å²) in [6.45, 7) is 6.89. The third-order valence-corrected chi connectivity index (χ3v) is 8.52. The fraction of sp³-hybridized carbons (Fsp3) is 0.360. The molecule has 0 spiro atoms. The molecular weight excluding hydrogens is 480 g/mol. The highest BCUT2D eigenvalue weighted by Gasteiger charge is 2.34. The van der Waals surface area contributed by atoms with Crippen molar-refractivity contribution in [1.29, 1.82) is 0 Å². The predicted molar refractivity (Wildman–Crippen MR) is 136 cm³/mol. The van der Waals surface area contributed by atoms with Gasteiger partial charge in [-0.2, -0.15) is 5.10 Å². The molecule has 0 radical (unpaired) electrons. The standard InChI is InChI=1S/C25H30N6O4S/c1-7-16(17-10-8-9-11-26-17)28-24(32)19-12-18(29-30(19)5)20-14-27-23-13-21(35-6)22(15-31(20)23)36(33,34)25(2,3)4/h8-16H,7H2,1-6H3,(H,28,32)/t16-/m1/s1. The number of sulfone groups is 1. The number of carbonyl (C=O) groups excluding carboxylic acids is 1. The van der Waals surface area contributed by atoms with E-state index in [-0.39, 0.29) is 22.6 Å². The van der Waals surface area contributed by atoms with Gasteiger partial charge in [-0.25, -0.2) is 13.4 Å². The molecule has 1 amide bonds. The summed E-state index contributed by atoms with van der Waals surface area (Å²) in [5.74, 6) is -0.0731. The molecule has 0 saturated carbocycles. The lowest BCUT2D eigenvalue weighted by Gasteiger charge is -2.21. The van der Waals surface area contributed by atoms with E-state index in [1.165, 1.54) is 18.0 Å². The number of imidazole rings is 1. The number of hydrogen-bond donors (Lipinski definition) is 1. The summed E-state index contributed by atoms with van der Waals surface area (Å²) in [6, 6.07) is 8.58. The first-order valence-electron chi connectivity index (χ1n) is 11.5. The van der Waals surface area contributed by atoms with Gasteiger partial charge in [-0.15, -0.1) is 0 Å². The van der Waals surface area contributed by atoms with E-state index in [0.717, 1.165) is 5.69 Å². The number of aryl methyl sites for hydroxylation is 1. The molecular formula is C25H30N6O4S. The molecule has 0 aromatic carbocycles. The molecule has 4 aromatic rings. The highest BCUT2D eigenvalue weighted by atomic mass is 32.2. The van der Waals surface area contributed by atoms with Crippen molar-refractivity contribution in [2.45, 2.75) is 49.8 Å². The first-order valence-corrected chi connectivity index (χ1v) is 13.0. The molecule has 11 heteroatoms. The molecule has 0 unspecified atom stereocenters. The summed E-state index contributed by atoms with van der Waals surface area (Å²) in [5, 5.41) is 7.53. The van der Waals surface area contributed by atoms with E-state index in [4.69, 9.17) is 4.74 Å². The Kier molecular flexibility index (Phi) is 6.61. The van der Waals surface area contributed by atoms with Crippen molar-refractivity contribution >= 4 is 21.4 Å². The molecule has 190 valence electrons. The zero-order valence-corrected chi connectivity index (χ0v) is 22.0. The van der Waals surface area contributed by atoms with Crippen molar-refractivity contribution in [3.63, 3.8) is 0 Å². The van der Waals surface area contributed by atoms with Gasteiger partial charge in [-0.1, -0.05) is 13.0 Å². The average molecular weight is 511 g/mol.